The summed E-state index contributed by atoms with van der Waals surface area (Å²) in [5.74, 6) is 0.964. The summed E-state index contributed by atoms with van der Waals surface area (Å²) in [5.41, 5.74) is 8.74. The van der Waals surface area contributed by atoms with Crippen molar-refractivity contribution in [3.05, 3.63) is 47.2 Å². The monoisotopic (exact) mass is 401 g/mol. The molecule has 146 valence electrons. The number of pyridine rings is 1. The van der Waals surface area contributed by atoms with Crippen molar-refractivity contribution in [2.45, 2.75) is 33.1 Å². The summed E-state index contributed by atoms with van der Waals surface area (Å²) < 4.78 is 7.24. The first-order chi connectivity index (χ1) is 14.2. The summed E-state index contributed by atoms with van der Waals surface area (Å²) in [6.45, 7) is 7.44. The van der Waals surface area contributed by atoms with E-state index in [-0.39, 0.29) is 0 Å². The van der Waals surface area contributed by atoms with E-state index in [1.807, 2.05) is 17.5 Å². The summed E-state index contributed by atoms with van der Waals surface area (Å²) in [4.78, 5) is 12.2. The smallest absolute Gasteiger partial charge is 0.186 e. The van der Waals surface area contributed by atoms with Crippen LogP contribution in [0.15, 0.2) is 30.5 Å². The summed E-state index contributed by atoms with van der Waals surface area (Å²) in [5, 5.41) is 2.33. The number of aromatic nitrogens is 2. The van der Waals surface area contributed by atoms with Gasteiger partial charge < -0.3 is 9.64 Å². The van der Waals surface area contributed by atoms with E-state index in [0.717, 1.165) is 54.5 Å². The van der Waals surface area contributed by atoms with Crippen molar-refractivity contribution in [2.24, 2.45) is 0 Å². The summed E-state index contributed by atoms with van der Waals surface area (Å²) >= 11 is 1.83. The Morgan fingerprint density at radius 1 is 1.21 bits per heavy atom. The Kier molecular flexibility index (Phi) is 3.81. The van der Waals surface area contributed by atoms with E-state index in [0.29, 0.717) is 0 Å². The Balaban J connectivity index is 1.69. The second-order valence-electron chi connectivity index (χ2n) is 7.99. The number of hydrogen-bond donors (Lipinski definition) is 0. The maximum atomic E-state index is 5.96. The Hall–Kier alpha value is -2.66. The highest BCUT2D eigenvalue weighted by Gasteiger charge is 2.24. The molecule has 2 aromatic heterocycles. The largest absolute Gasteiger partial charge is 0.493 e. The molecule has 0 spiro atoms. The minimum atomic E-state index is 0.744. The van der Waals surface area contributed by atoms with E-state index in [4.69, 9.17) is 14.7 Å². The Morgan fingerprint density at radius 2 is 2.10 bits per heavy atom. The highest BCUT2D eigenvalue weighted by Crippen LogP contribution is 2.45. The number of aryl methyl sites for hydroxylation is 1. The number of benzene rings is 2. The first-order valence-electron chi connectivity index (χ1n) is 10.5. The maximum Gasteiger partial charge on any atom is 0.186 e. The van der Waals surface area contributed by atoms with Crippen molar-refractivity contribution in [3.8, 4) is 16.9 Å². The summed E-state index contributed by atoms with van der Waals surface area (Å²) in [7, 11) is 0. The fourth-order valence-corrected chi connectivity index (χ4v) is 5.89. The number of thiazole rings is 1. The highest BCUT2D eigenvalue weighted by molar-refractivity contribution is 7.22. The van der Waals surface area contributed by atoms with Gasteiger partial charge in [-0.3, -0.25) is 4.98 Å². The predicted molar refractivity (Wildman–Crippen MR) is 121 cm³/mol. The van der Waals surface area contributed by atoms with Gasteiger partial charge in [-0.1, -0.05) is 18.3 Å². The predicted octanol–water partition coefficient (Wildman–Crippen LogP) is 5.53. The molecule has 29 heavy (non-hydrogen) atoms. The first kappa shape index (κ1) is 17.2. The average Bonchev–Trinajstić information content (AvgIpc) is 3.09. The van der Waals surface area contributed by atoms with Gasteiger partial charge in [-0.05, 0) is 60.7 Å². The molecule has 0 unspecified atom stereocenters. The van der Waals surface area contributed by atoms with Gasteiger partial charge in [0.05, 0.1) is 22.3 Å². The lowest BCUT2D eigenvalue weighted by Gasteiger charge is -2.30. The lowest BCUT2D eigenvalue weighted by molar-refractivity contribution is 0.318. The minimum absolute atomic E-state index is 0.744. The lowest BCUT2D eigenvalue weighted by Crippen LogP contribution is -2.36. The minimum Gasteiger partial charge on any atom is -0.493 e. The van der Waals surface area contributed by atoms with Gasteiger partial charge in [0.1, 0.15) is 5.75 Å². The van der Waals surface area contributed by atoms with Crippen molar-refractivity contribution in [3.63, 3.8) is 0 Å². The second-order valence-corrected chi connectivity index (χ2v) is 8.97. The van der Waals surface area contributed by atoms with Gasteiger partial charge in [0.15, 0.2) is 5.13 Å². The summed E-state index contributed by atoms with van der Waals surface area (Å²) in [6.07, 6.45) is 5.15. The number of fused-ring (bicyclic) bond motifs is 1. The molecule has 5 heteroatoms. The molecule has 1 saturated heterocycles. The number of nitrogens with zero attached hydrogens (tertiary/aromatic N) is 3. The summed E-state index contributed by atoms with van der Waals surface area (Å²) in [6, 6.07) is 8.74. The third-order valence-electron chi connectivity index (χ3n) is 6.32. The fourth-order valence-electron chi connectivity index (χ4n) is 4.71. The van der Waals surface area contributed by atoms with Crippen LogP contribution in [0.4, 0.5) is 5.13 Å². The van der Waals surface area contributed by atoms with E-state index in [9.17, 15) is 0 Å². The molecule has 2 aliphatic heterocycles. The van der Waals surface area contributed by atoms with Crippen LogP contribution in [0.3, 0.4) is 0 Å². The van der Waals surface area contributed by atoms with Crippen LogP contribution in [0.2, 0.25) is 0 Å². The van der Waals surface area contributed by atoms with Crippen molar-refractivity contribution in [2.75, 3.05) is 24.6 Å². The molecule has 0 bridgehead atoms. The fraction of sp³-hybridized carbons (Fsp3) is 0.333. The molecular weight excluding hydrogens is 378 g/mol. The van der Waals surface area contributed by atoms with Crippen LogP contribution in [0.5, 0.6) is 5.75 Å². The third kappa shape index (κ3) is 2.50. The number of hydrogen-bond acceptors (Lipinski definition) is 5. The van der Waals surface area contributed by atoms with E-state index in [1.165, 1.54) is 44.3 Å². The van der Waals surface area contributed by atoms with Gasteiger partial charge in [-0.25, -0.2) is 4.98 Å². The SMILES string of the molecule is CCc1c(C)cc2nc(N3CCC3)sc2c1-c1ccc2c3c(ccnc13)CCO2. The quantitative estimate of drug-likeness (QED) is 0.453. The van der Waals surface area contributed by atoms with Crippen LogP contribution >= 0.6 is 11.3 Å². The number of ether oxygens (including phenoxy) is 1. The van der Waals surface area contributed by atoms with Crippen LogP contribution in [0.1, 0.15) is 30.0 Å². The Morgan fingerprint density at radius 3 is 2.90 bits per heavy atom. The molecular formula is C24H23N3OS. The van der Waals surface area contributed by atoms with Gasteiger partial charge in [-0.2, -0.15) is 0 Å². The van der Waals surface area contributed by atoms with E-state index >= 15 is 0 Å². The Labute approximate surface area is 174 Å². The second kappa shape index (κ2) is 6.42. The lowest BCUT2D eigenvalue weighted by atomic mass is 9.90. The zero-order chi connectivity index (χ0) is 19.5. The van der Waals surface area contributed by atoms with Crippen molar-refractivity contribution >= 4 is 37.6 Å². The molecule has 0 amide bonds. The zero-order valence-electron chi connectivity index (χ0n) is 16.8. The molecule has 2 aliphatic rings. The van der Waals surface area contributed by atoms with Gasteiger partial charge in [0.25, 0.3) is 0 Å². The third-order valence-corrected chi connectivity index (χ3v) is 7.47. The number of rotatable bonds is 3. The molecule has 0 aliphatic carbocycles. The van der Waals surface area contributed by atoms with Gasteiger partial charge in [0, 0.05) is 42.2 Å². The van der Waals surface area contributed by atoms with Crippen LogP contribution in [-0.2, 0) is 12.8 Å². The molecule has 2 aromatic carbocycles. The van der Waals surface area contributed by atoms with Crippen molar-refractivity contribution in [1.82, 2.24) is 9.97 Å². The van der Waals surface area contributed by atoms with E-state index in [2.05, 4.69) is 43.0 Å². The van der Waals surface area contributed by atoms with E-state index in [1.54, 1.807) is 0 Å². The molecule has 0 radical (unpaired) electrons. The standard InChI is InChI=1S/C24H23N3OS/c1-3-16-14(2)13-18-23(29-24(26-18)27-10-4-11-27)21(16)17-5-6-19-20-15(8-12-28-19)7-9-25-22(17)20/h5-7,9,13H,3-4,8,10-12H2,1-2H3. The zero-order valence-corrected chi connectivity index (χ0v) is 17.6. The first-order valence-corrected chi connectivity index (χ1v) is 11.3. The van der Waals surface area contributed by atoms with Crippen LogP contribution < -0.4 is 9.64 Å². The molecule has 4 heterocycles. The van der Waals surface area contributed by atoms with Crippen molar-refractivity contribution < 1.29 is 4.74 Å². The molecule has 0 N–H and O–H groups in total. The average molecular weight is 402 g/mol. The van der Waals surface area contributed by atoms with Crippen LogP contribution in [0.25, 0.3) is 32.2 Å². The van der Waals surface area contributed by atoms with Gasteiger partial charge in [-0.15, -0.1) is 0 Å². The van der Waals surface area contributed by atoms with Crippen LogP contribution in [0, 0.1) is 6.92 Å². The van der Waals surface area contributed by atoms with Crippen molar-refractivity contribution in [1.29, 1.82) is 0 Å². The van der Waals surface area contributed by atoms with Gasteiger partial charge in [0.2, 0.25) is 0 Å². The Bertz CT molecular complexity index is 1260. The molecule has 6 rings (SSSR count). The maximum absolute atomic E-state index is 5.96. The van der Waals surface area contributed by atoms with Crippen LogP contribution in [-0.4, -0.2) is 29.7 Å². The highest BCUT2D eigenvalue weighted by atomic mass is 32.1. The normalized spacial score (nSPS) is 15.6. The molecule has 0 saturated carbocycles. The molecule has 4 aromatic rings. The topological polar surface area (TPSA) is 38.2 Å². The molecule has 4 nitrogen and oxygen atoms in total. The molecule has 1 fully saturated rings. The van der Waals surface area contributed by atoms with Gasteiger partial charge >= 0.3 is 0 Å². The van der Waals surface area contributed by atoms with E-state index < -0.39 is 0 Å². The molecule has 0 atom stereocenters. The number of anilines is 1.